The molecule has 1 amide bonds. The lowest BCUT2D eigenvalue weighted by atomic mass is 10.0. The van der Waals surface area contributed by atoms with Gasteiger partial charge in [-0.25, -0.2) is 9.97 Å². The first kappa shape index (κ1) is 13.4. The number of piperidine rings is 1. The first-order chi connectivity index (χ1) is 8.59. The monoisotopic (exact) mass is 312 g/mol. The lowest BCUT2D eigenvalue weighted by Gasteiger charge is -2.36. The molecule has 1 fully saturated rings. The molecule has 2 heterocycles. The molecule has 6 heteroatoms. The molecule has 0 unspecified atom stereocenters. The Bertz CT molecular complexity index is 438. The summed E-state index contributed by atoms with van der Waals surface area (Å²) in [7, 11) is 4.11. The van der Waals surface area contributed by atoms with Crippen molar-refractivity contribution in [3.05, 3.63) is 22.7 Å². The van der Waals surface area contributed by atoms with Crippen molar-refractivity contribution in [3.8, 4) is 0 Å². The number of aromatic nitrogens is 2. The summed E-state index contributed by atoms with van der Waals surface area (Å²) in [6, 6.07) is 0.434. The Balaban J connectivity index is 2.12. The number of carbonyl (C=O) groups is 1. The van der Waals surface area contributed by atoms with Crippen LogP contribution in [0.4, 0.5) is 0 Å². The summed E-state index contributed by atoms with van der Waals surface area (Å²) in [5.74, 6) is -0.0178. The van der Waals surface area contributed by atoms with Gasteiger partial charge in [0.25, 0.3) is 5.91 Å². The third-order valence-corrected chi connectivity index (χ3v) is 3.86. The largest absolute Gasteiger partial charge is 0.336 e. The van der Waals surface area contributed by atoms with E-state index in [0.29, 0.717) is 16.2 Å². The first-order valence-electron chi connectivity index (χ1n) is 6.01. The minimum Gasteiger partial charge on any atom is -0.336 e. The van der Waals surface area contributed by atoms with Gasteiger partial charge in [-0.1, -0.05) is 0 Å². The second-order valence-electron chi connectivity index (χ2n) is 4.73. The number of likely N-dealkylation sites (N-methyl/N-ethyl adjacent to an activating group) is 1. The van der Waals surface area contributed by atoms with E-state index in [1.165, 1.54) is 6.33 Å². The molecule has 0 aromatic carbocycles. The summed E-state index contributed by atoms with van der Waals surface area (Å²) in [6.07, 6.45) is 5.19. The predicted molar refractivity (Wildman–Crippen MR) is 72.3 cm³/mol. The van der Waals surface area contributed by atoms with Crippen LogP contribution in [0.15, 0.2) is 17.0 Å². The second-order valence-corrected chi connectivity index (χ2v) is 5.58. The van der Waals surface area contributed by atoms with Crippen LogP contribution in [0.5, 0.6) is 0 Å². The van der Waals surface area contributed by atoms with Crippen LogP contribution >= 0.6 is 15.9 Å². The number of halogens is 1. The van der Waals surface area contributed by atoms with Gasteiger partial charge in [-0.15, -0.1) is 0 Å². The van der Waals surface area contributed by atoms with E-state index < -0.39 is 0 Å². The number of rotatable bonds is 2. The fraction of sp³-hybridized carbons (Fsp3) is 0.583. The van der Waals surface area contributed by atoms with Gasteiger partial charge in [0.05, 0.1) is 4.47 Å². The zero-order chi connectivity index (χ0) is 13.1. The van der Waals surface area contributed by atoms with Crippen LogP contribution in [0.3, 0.4) is 0 Å². The van der Waals surface area contributed by atoms with Gasteiger partial charge in [-0.05, 0) is 42.9 Å². The van der Waals surface area contributed by atoms with Crippen molar-refractivity contribution in [1.82, 2.24) is 19.8 Å². The van der Waals surface area contributed by atoms with E-state index >= 15 is 0 Å². The standard InChI is InChI=1S/C12H17BrN4O/c1-16(2)9-4-3-5-17(7-9)12(18)11-10(13)6-14-8-15-11/h6,8-9H,3-5,7H2,1-2H3/t9-/m1/s1. The molecule has 1 saturated heterocycles. The molecule has 0 saturated carbocycles. The zero-order valence-corrected chi connectivity index (χ0v) is 12.2. The number of carbonyl (C=O) groups excluding carboxylic acids is 1. The van der Waals surface area contributed by atoms with Crippen LogP contribution in [0.2, 0.25) is 0 Å². The Kier molecular flexibility index (Phi) is 4.29. The highest BCUT2D eigenvalue weighted by Gasteiger charge is 2.27. The molecule has 1 atom stereocenters. The quantitative estimate of drug-likeness (QED) is 0.828. The highest BCUT2D eigenvalue weighted by Crippen LogP contribution is 2.19. The van der Waals surface area contributed by atoms with Gasteiger partial charge >= 0.3 is 0 Å². The summed E-state index contributed by atoms with van der Waals surface area (Å²) in [4.78, 5) is 24.4. The van der Waals surface area contributed by atoms with Crippen LogP contribution in [-0.2, 0) is 0 Å². The van der Waals surface area contributed by atoms with E-state index in [-0.39, 0.29) is 5.91 Å². The Morgan fingerprint density at radius 3 is 3.00 bits per heavy atom. The SMILES string of the molecule is CN(C)[C@@H]1CCCN(C(=O)c2ncncc2Br)C1. The van der Waals surface area contributed by atoms with Crippen molar-refractivity contribution >= 4 is 21.8 Å². The molecule has 1 aromatic heterocycles. The smallest absolute Gasteiger partial charge is 0.273 e. The van der Waals surface area contributed by atoms with Crippen LogP contribution in [0, 0.1) is 0 Å². The highest BCUT2D eigenvalue weighted by molar-refractivity contribution is 9.10. The van der Waals surface area contributed by atoms with Crippen LogP contribution in [0.1, 0.15) is 23.3 Å². The number of hydrogen-bond acceptors (Lipinski definition) is 4. The fourth-order valence-electron chi connectivity index (χ4n) is 2.18. The van der Waals surface area contributed by atoms with E-state index in [1.54, 1.807) is 6.20 Å². The first-order valence-corrected chi connectivity index (χ1v) is 6.80. The highest BCUT2D eigenvalue weighted by atomic mass is 79.9. The van der Waals surface area contributed by atoms with Gasteiger partial charge in [-0.3, -0.25) is 4.79 Å². The fourth-order valence-corrected chi connectivity index (χ4v) is 2.57. The number of likely N-dealkylation sites (tertiary alicyclic amines) is 1. The molecule has 1 aromatic rings. The lowest BCUT2D eigenvalue weighted by Crippen LogP contribution is -2.47. The maximum absolute atomic E-state index is 12.4. The average molecular weight is 313 g/mol. The maximum atomic E-state index is 12.4. The number of amides is 1. The maximum Gasteiger partial charge on any atom is 0.273 e. The van der Waals surface area contributed by atoms with Crippen LogP contribution in [-0.4, -0.2) is 58.9 Å². The minimum atomic E-state index is -0.0178. The summed E-state index contributed by atoms with van der Waals surface area (Å²) < 4.78 is 0.655. The Hall–Kier alpha value is -1.01. The topological polar surface area (TPSA) is 49.3 Å². The Morgan fingerprint density at radius 2 is 2.33 bits per heavy atom. The predicted octanol–water partition coefficient (Wildman–Crippen LogP) is 1.41. The molecule has 98 valence electrons. The van der Waals surface area contributed by atoms with Crippen molar-refractivity contribution in [2.45, 2.75) is 18.9 Å². The lowest BCUT2D eigenvalue weighted by molar-refractivity contribution is 0.0628. The molecular formula is C12H17BrN4O. The molecule has 2 rings (SSSR count). The van der Waals surface area contributed by atoms with Crippen molar-refractivity contribution in [2.24, 2.45) is 0 Å². The number of hydrogen-bond donors (Lipinski definition) is 0. The van der Waals surface area contributed by atoms with E-state index in [2.05, 4.69) is 44.9 Å². The molecule has 5 nitrogen and oxygen atoms in total. The van der Waals surface area contributed by atoms with Gasteiger partial charge in [0, 0.05) is 25.3 Å². The van der Waals surface area contributed by atoms with Crippen molar-refractivity contribution in [3.63, 3.8) is 0 Å². The van der Waals surface area contributed by atoms with Gasteiger partial charge in [-0.2, -0.15) is 0 Å². The molecule has 0 bridgehead atoms. The van der Waals surface area contributed by atoms with Crippen molar-refractivity contribution in [1.29, 1.82) is 0 Å². The summed E-state index contributed by atoms with van der Waals surface area (Å²) in [5.41, 5.74) is 0.449. The van der Waals surface area contributed by atoms with Gasteiger partial charge in [0.1, 0.15) is 12.0 Å². The van der Waals surface area contributed by atoms with Crippen molar-refractivity contribution in [2.75, 3.05) is 27.2 Å². The normalized spacial score (nSPS) is 20.2. The molecule has 1 aliphatic rings. The molecule has 18 heavy (non-hydrogen) atoms. The molecule has 0 radical (unpaired) electrons. The van der Waals surface area contributed by atoms with Crippen LogP contribution < -0.4 is 0 Å². The molecule has 0 aliphatic carbocycles. The van der Waals surface area contributed by atoms with E-state index in [0.717, 1.165) is 25.9 Å². The summed E-state index contributed by atoms with van der Waals surface area (Å²) >= 11 is 3.32. The zero-order valence-electron chi connectivity index (χ0n) is 10.6. The van der Waals surface area contributed by atoms with Gasteiger partial charge in [0.2, 0.25) is 0 Å². The third-order valence-electron chi connectivity index (χ3n) is 3.28. The van der Waals surface area contributed by atoms with Crippen molar-refractivity contribution < 1.29 is 4.79 Å². The van der Waals surface area contributed by atoms with Gasteiger partial charge in [0.15, 0.2) is 0 Å². The second kappa shape index (κ2) is 5.75. The van der Waals surface area contributed by atoms with Gasteiger partial charge < -0.3 is 9.80 Å². The Labute approximate surface area is 115 Å². The summed E-state index contributed by atoms with van der Waals surface area (Å²) in [6.45, 7) is 1.57. The number of nitrogens with zero attached hydrogens (tertiary/aromatic N) is 4. The average Bonchev–Trinajstić information content (AvgIpc) is 2.38. The summed E-state index contributed by atoms with van der Waals surface area (Å²) in [5, 5.41) is 0. The molecule has 1 aliphatic heterocycles. The van der Waals surface area contributed by atoms with E-state index in [9.17, 15) is 4.79 Å². The third kappa shape index (κ3) is 2.87. The molecular weight excluding hydrogens is 296 g/mol. The molecule has 0 N–H and O–H groups in total. The Morgan fingerprint density at radius 1 is 1.56 bits per heavy atom. The van der Waals surface area contributed by atoms with Crippen LogP contribution in [0.25, 0.3) is 0 Å². The molecule has 0 spiro atoms. The van der Waals surface area contributed by atoms with E-state index in [1.807, 2.05) is 4.90 Å². The minimum absolute atomic E-state index is 0.0178. The van der Waals surface area contributed by atoms with E-state index in [4.69, 9.17) is 0 Å².